The molecule has 2 heterocycles. The van der Waals surface area contributed by atoms with E-state index in [9.17, 15) is 0 Å². The molecule has 0 saturated heterocycles. The van der Waals surface area contributed by atoms with Gasteiger partial charge in [-0.1, -0.05) is 37.6 Å². The summed E-state index contributed by atoms with van der Waals surface area (Å²) in [7, 11) is 0. The van der Waals surface area contributed by atoms with Gasteiger partial charge in [0.05, 0.1) is 0 Å². The smallest absolute Gasteiger partial charge is 0.136 e. The summed E-state index contributed by atoms with van der Waals surface area (Å²) in [5.41, 5.74) is 6.28. The Balaban J connectivity index is 1.84. The second-order valence-corrected chi connectivity index (χ2v) is 6.63. The molecular weight excluding hydrogens is 296 g/mol. The van der Waals surface area contributed by atoms with Crippen molar-refractivity contribution in [3.8, 4) is 0 Å². The highest BCUT2D eigenvalue weighted by Gasteiger charge is 2.13. The van der Waals surface area contributed by atoms with E-state index in [2.05, 4.69) is 62.4 Å². The lowest BCUT2D eigenvalue weighted by atomic mass is 10.1. The quantitative estimate of drug-likeness (QED) is 0.360. The first-order chi connectivity index (χ1) is 11.7. The van der Waals surface area contributed by atoms with Crippen molar-refractivity contribution in [2.24, 2.45) is 0 Å². The first-order valence-electron chi connectivity index (χ1n) is 8.51. The normalized spacial score (nSPS) is 12.1. The number of hydrogen-bond acceptors (Lipinski definition) is 2. The second kappa shape index (κ2) is 4.88. The lowest BCUT2D eigenvalue weighted by Gasteiger charge is -1.97. The Morgan fingerprint density at radius 2 is 1.25 bits per heavy atom. The maximum absolute atomic E-state index is 6.15. The third-order valence-corrected chi connectivity index (χ3v) is 4.82. The maximum Gasteiger partial charge on any atom is 0.136 e. The number of benzene rings is 3. The SMILES string of the molecule is CCCc1ccc2c(c1)oc1cc3c(cc12)oc1cc(C)ccc13. The monoisotopic (exact) mass is 314 g/mol. The Labute approximate surface area is 139 Å². The number of fused-ring (bicyclic) bond motifs is 6. The second-order valence-electron chi connectivity index (χ2n) is 6.63. The number of furan rings is 2. The van der Waals surface area contributed by atoms with Crippen molar-refractivity contribution in [3.05, 3.63) is 59.7 Å². The molecule has 5 rings (SSSR count). The predicted octanol–water partition coefficient (Wildman–Crippen LogP) is 6.75. The topological polar surface area (TPSA) is 26.3 Å². The van der Waals surface area contributed by atoms with E-state index in [1.807, 2.05) is 0 Å². The van der Waals surface area contributed by atoms with Gasteiger partial charge in [0.1, 0.15) is 22.3 Å². The summed E-state index contributed by atoms with van der Waals surface area (Å²) >= 11 is 0. The van der Waals surface area contributed by atoms with Crippen LogP contribution in [0.25, 0.3) is 43.9 Å². The molecule has 2 heteroatoms. The molecule has 24 heavy (non-hydrogen) atoms. The average molecular weight is 314 g/mol. The van der Waals surface area contributed by atoms with Crippen LogP contribution in [0.3, 0.4) is 0 Å². The van der Waals surface area contributed by atoms with Crippen LogP contribution in [-0.4, -0.2) is 0 Å². The highest BCUT2D eigenvalue weighted by molar-refractivity contribution is 6.14. The van der Waals surface area contributed by atoms with Crippen molar-refractivity contribution in [2.75, 3.05) is 0 Å². The fourth-order valence-corrected chi connectivity index (χ4v) is 3.64. The Hall–Kier alpha value is -2.74. The molecule has 0 radical (unpaired) electrons. The molecule has 0 fully saturated rings. The minimum absolute atomic E-state index is 0.920. The molecule has 0 bridgehead atoms. The van der Waals surface area contributed by atoms with E-state index in [-0.39, 0.29) is 0 Å². The lowest BCUT2D eigenvalue weighted by Crippen LogP contribution is -1.80. The zero-order valence-electron chi connectivity index (χ0n) is 13.8. The first kappa shape index (κ1) is 13.7. The summed E-state index contributed by atoms with van der Waals surface area (Å²) in [5.74, 6) is 0. The highest BCUT2D eigenvalue weighted by Crippen LogP contribution is 2.37. The molecule has 2 nitrogen and oxygen atoms in total. The van der Waals surface area contributed by atoms with Gasteiger partial charge in [-0.3, -0.25) is 0 Å². The van der Waals surface area contributed by atoms with Crippen LogP contribution in [0.2, 0.25) is 0 Å². The van der Waals surface area contributed by atoms with Crippen LogP contribution < -0.4 is 0 Å². The number of hydrogen-bond donors (Lipinski definition) is 0. The zero-order valence-corrected chi connectivity index (χ0v) is 13.8. The van der Waals surface area contributed by atoms with Gasteiger partial charge in [0, 0.05) is 21.5 Å². The molecule has 0 spiro atoms. The molecule has 0 aliphatic carbocycles. The zero-order chi connectivity index (χ0) is 16.3. The fraction of sp³-hybridized carbons (Fsp3) is 0.182. The molecule has 0 aliphatic heterocycles. The van der Waals surface area contributed by atoms with E-state index in [1.54, 1.807) is 0 Å². The van der Waals surface area contributed by atoms with E-state index in [0.29, 0.717) is 0 Å². The molecule has 0 N–H and O–H groups in total. The molecule has 0 saturated carbocycles. The van der Waals surface area contributed by atoms with Gasteiger partial charge < -0.3 is 8.83 Å². The van der Waals surface area contributed by atoms with E-state index < -0.39 is 0 Å². The molecule has 2 aromatic heterocycles. The Morgan fingerprint density at radius 1 is 0.667 bits per heavy atom. The molecule has 5 aromatic rings. The van der Waals surface area contributed by atoms with Crippen LogP contribution in [0.15, 0.2) is 57.4 Å². The van der Waals surface area contributed by atoms with Crippen LogP contribution in [0.1, 0.15) is 24.5 Å². The number of aryl methyl sites for hydroxylation is 2. The van der Waals surface area contributed by atoms with Gasteiger partial charge in [0.25, 0.3) is 0 Å². The summed E-state index contributed by atoms with van der Waals surface area (Å²) in [6, 6.07) is 17.1. The van der Waals surface area contributed by atoms with Gasteiger partial charge in [-0.05, 0) is 48.7 Å². The van der Waals surface area contributed by atoms with Gasteiger partial charge in [-0.2, -0.15) is 0 Å². The third kappa shape index (κ3) is 1.89. The molecule has 0 unspecified atom stereocenters. The molecule has 0 amide bonds. The lowest BCUT2D eigenvalue weighted by molar-refractivity contribution is 0.663. The van der Waals surface area contributed by atoms with Crippen LogP contribution in [0, 0.1) is 6.92 Å². The standard InChI is InChI=1S/C22H18O2/c1-3-4-14-6-8-16-18-12-21-17(11-22(18)24-20(16)10-14)15-7-5-13(2)9-19(15)23-21/h5-12H,3-4H2,1-2H3. The fourth-order valence-electron chi connectivity index (χ4n) is 3.64. The molecular formula is C22H18O2. The maximum atomic E-state index is 6.15. The van der Waals surface area contributed by atoms with Gasteiger partial charge >= 0.3 is 0 Å². The Kier molecular flexibility index (Phi) is 2.78. The Bertz CT molecular complexity index is 1220. The first-order valence-corrected chi connectivity index (χ1v) is 8.51. The molecule has 0 aliphatic rings. The van der Waals surface area contributed by atoms with Gasteiger partial charge in [0.15, 0.2) is 0 Å². The van der Waals surface area contributed by atoms with Crippen molar-refractivity contribution < 1.29 is 8.83 Å². The minimum atomic E-state index is 0.920. The van der Waals surface area contributed by atoms with E-state index >= 15 is 0 Å². The van der Waals surface area contributed by atoms with Crippen molar-refractivity contribution in [3.63, 3.8) is 0 Å². The highest BCUT2D eigenvalue weighted by atomic mass is 16.3. The van der Waals surface area contributed by atoms with E-state index in [1.165, 1.54) is 11.1 Å². The molecule has 0 atom stereocenters. The summed E-state index contributed by atoms with van der Waals surface area (Å²) in [4.78, 5) is 0. The minimum Gasteiger partial charge on any atom is -0.456 e. The van der Waals surface area contributed by atoms with Crippen molar-refractivity contribution in [1.82, 2.24) is 0 Å². The van der Waals surface area contributed by atoms with Crippen molar-refractivity contribution in [2.45, 2.75) is 26.7 Å². The summed E-state index contributed by atoms with van der Waals surface area (Å²) in [6.45, 7) is 4.28. The molecule has 3 aromatic carbocycles. The van der Waals surface area contributed by atoms with Gasteiger partial charge in [0.2, 0.25) is 0 Å². The van der Waals surface area contributed by atoms with E-state index in [4.69, 9.17) is 8.83 Å². The predicted molar refractivity (Wildman–Crippen MR) is 99.7 cm³/mol. The van der Waals surface area contributed by atoms with Crippen LogP contribution >= 0.6 is 0 Å². The van der Waals surface area contributed by atoms with Gasteiger partial charge in [-0.15, -0.1) is 0 Å². The van der Waals surface area contributed by atoms with Crippen molar-refractivity contribution in [1.29, 1.82) is 0 Å². The third-order valence-electron chi connectivity index (χ3n) is 4.82. The number of rotatable bonds is 2. The van der Waals surface area contributed by atoms with Crippen molar-refractivity contribution >= 4 is 43.9 Å². The average Bonchev–Trinajstić information content (AvgIpc) is 3.09. The summed E-state index contributed by atoms with van der Waals surface area (Å²) in [5, 5.41) is 4.54. The van der Waals surface area contributed by atoms with Crippen LogP contribution in [-0.2, 0) is 6.42 Å². The van der Waals surface area contributed by atoms with E-state index in [0.717, 1.165) is 56.7 Å². The van der Waals surface area contributed by atoms with Gasteiger partial charge in [-0.25, -0.2) is 0 Å². The Morgan fingerprint density at radius 3 is 1.92 bits per heavy atom. The van der Waals surface area contributed by atoms with Crippen LogP contribution in [0.5, 0.6) is 0 Å². The van der Waals surface area contributed by atoms with Crippen LogP contribution in [0.4, 0.5) is 0 Å². The summed E-state index contributed by atoms with van der Waals surface area (Å²) in [6.07, 6.45) is 2.23. The molecule has 118 valence electrons. The largest absolute Gasteiger partial charge is 0.456 e. The summed E-state index contributed by atoms with van der Waals surface area (Å²) < 4.78 is 12.2.